The van der Waals surface area contributed by atoms with E-state index in [1.165, 1.54) is 30.0 Å². The zero-order valence-corrected chi connectivity index (χ0v) is 18.4. The Morgan fingerprint density at radius 3 is 2.58 bits per heavy atom. The first-order chi connectivity index (χ1) is 14.7. The fourth-order valence-electron chi connectivity index (χ4n) is 4.03. The van der Waals surface area contributed by atoms with E-state index in [2.05, 4.69) is 5.32 Å². The van der Waals surface area contributed by atoms with Crippen molar-refractivity contribution >= 4 is 51.1 Å². The first-order valence-corrected chi connectivity index (χ1v) is 11.4. The maximum atomic E-state index is 13.8. The van der Waals surface area contributed by atoms with Crippen LogP contribution in [-0.2, 0) is 19.4 Å². The number of aliphatic carboxylic acids is 1. The Kier molecular flexibility index (Phi) is 5.33. The fourth-order valence-corrected chi connectivity index (χ4v) is 6.39. The van der Waals surface area contributed by atoms with Crippen molar-refractivity contribution in [2.45, 2.75) is 17.7 Å². The summed E-state index contributed by atoms with van der Waals surface area (Å²) in [5, 5.41) is 13.1. The number of benzene rings is 2. The van der Waals surface area contributed by atoms with Gasteiger partial charge in [-0.25, -0.2) is 13.2 Å². The van der Waals surface area contributed by atoms with E-state index in [0.29, 0.717) is 6.41 Å². The quantitative estimate of drug-likeness (QED) is 0.651. The number of nitrogens with one attached hydrogen (secondary N) is 1. The van der Waals surface area contributed by atoms with Crippen molar-refractivity contribution in [3.05, 3.63) is 79.9 Å². The molecule has 0 aromatic heterocycles. The number of halogens is 2. The van der Waals surface area contributed by atoms with E-state index in [9.17, 15) is 23.1 Å². The van der Waals surface area contributed by atoms with Gasteiger partial charge in [-0.3, -0.25) is 4.79 Å². The standard InChI is InChI=1S/C21H16Cl2N2O5S/c1-11-17(21(27)28)18(12-5-4-6-13(22)19(12)23)20-14(24-11)9-25(10-26)15-7-2-3-8-16(15)31(20,29)30/h2-8,10,18,24H,9H2,1H3,(H,27,28). The molecule has 2 aromatic carbocycles. The number of amides is 1. The summed E-state index contributed by atoms with van der Waals surface area (Å²) in [6.45, 7) is 1.45. The number of allylic oxidation sites excluding steroid dienone is 2. The number of fused-ring (bicyclic) bond motifs is 1. The van der Waals surface area contributed by atoms with Gasteiger partial charge in [-0.1, -0.05) is 47.5 Å². The molecule has 2 aliphatic rings. The topological polar surface area (TPSA) is 104 Å². The summed E-state index contributed by atoms with van der Waals surface area (Å²) in [6.07, 6.45) is 0.541. The van der Waals surface area contributed by atoms with Gasteiger partial charge in [0, 0.05) is 5.70 Å². The molecule has 0 radical (unpaired) electrons. The lowest BCUT2D eigenvalue weighted by molar-refractivity contribution is -0.133. The molecular weight excluding hydrogens is 463 g/mol. The lowest BCUT2D eigenvalue weighted by atomic mass is 9.86. The minimum Gasteiger partial charge on any atom is -0.478 e. The number of hydrogen-bond acceptors (Lipinski definition) is 5. The van der Waals surface area contributed by atoms with E-state index in [-0.39, 0.29) is 54.6 Å². The number of sulfone groups is 1. The number of carbonyl (C=O) groups is 2. The van der Waals surface area contributed by atoms with Crippen LogP contribution < -0.4 is 10.2 Å². The van der Waals surface area contributed by atoms with Crippen molar-refractivity contribution in [2.75, 3.05) is 11.4 Å². The average Bonchev–Trinajstić information content (AvgIpc) is 2.81. The van der Waals surface area contributed by atoms with E-state index in [1.807, 2.05) is 0 Å². The van der Waals surface area contributed by atoms with Crippen LogP contribution >= 0.6 is 23.2 Å². The van der Waals surface area contributed by atoms with Gasteiger partial charge in [-0.2, -0.15) is 0 Å². The molecule has 4 rings (SSSR count). The van der Waals surface area contributed by atoms with Gasteiger partial charge in [-0.15, -0.1) is 0 Å². The first kappa shape index (κ1) is 21.4. The van der Waals surface area contributed by atoms with Gasteiger partial charge in [0.2, 0.25) is 16.2 Å². The highest BCUT2D eigenvalue weighted by molar-refractivity contribution is 7.95. The number of nitrogens with zero attached hydrogens (tertiary/aromatic N) is 1. The Labute approximate surface area is 188 Å². The molecule has 31 heavy (non-hydrogen) atoms. The number of anilines is 1. The highest BCUT2D eigenvalue weighted by atomic mass is 35.5. The molecule has 1 unspecified atom stereocenters. The molecule has 160 valence electrons. The van der Waals surface area contributed by atoms with Crippen LogP contribution in [0, 0.1) is 0 Å². The molecule has 0 saturated carbocycles. The molecule has 1 atom stereocenters. The molecule has 2 heterocycles. The van der Waals surface area contributed by atoms with Crippen LogP contribution in [0.1, 0.15) is 18.4 Å². The predicted molar refractivity (Wildman–Crippen MR) is 117 cm³/mol. The molecule has 7 nitrogen and oxygen atoms in total. The Bertz CT molecular complexity index is 1300. The predicted octanol–water partition coefficient (Wildman–Crippen LogP) is 3.70. The molecule has 0 bridgehead atoms. The Morgan fingerprint density at radius 1 is 1.19 bits per heavy atom. The summed E-state index contributed by atoms with van der Waals surface area (Å²) in [5.74, 6) is -2.51. The van der Waals surface area contributed by atoms with Crippen LogP contribution in [0.5, 0.6) is 0 Å². The Balaban J connectivity index is 2.09. The van der Waals surface area contributed by atoms with Crippen LogP contribution in [0.2, 0.25) is 10.0 Å². The summed E-state index contributed by atoms with van der Waals surface area (Å²) in [7, 11) is -4.22. The van der Waals surface area contributed by atoms with E-state index >= 15 is 0 Å². The van der Waals surface area contributed by atoms with Crippen LogP contribution in [0.4, 0.5) is 5.69 Å². The molecule has 1 amide bonds. The maximum Gasteiger partial charge on any atom is 0.334 e. The molecule has 2 N–H and O–H groups in total. The molecule has 0 fully saturated rings. The van der Waals surface area contributed by atoms with Crippen LogP contribution in [0.3, 0.4) is 0 Å². The summed E-state index contributed by atoms with van der Waals surface area (Å²) >= 11 is 12.6. The van der Waals surface area contributed by atoms with E-state index < -0.39 is 21.7 Å². The lowest BCUT2D eigenvalue weighted by Crippen LogP contribution is -2.35. The van der Waals surface area contributed by atoms with Crippen LogP contribution in [-0.4, -0.2) is 32.4 Å². The van der Waals surface area contributed by atoms with E-state index in [1.54, 1.807) is 24.3 Å². The van der Waals surface area contributed by atoms with Crippen molar-refractivity contribution in [2.24, 2.45) is 0 Å². The van der Waals surface area contributed by atoms with Gasteiger partial charge in [0.1, 0.15) is 0 Å². The monoisotopic (exact) mass is 478 g/mol. The molecule has 0 spiro atoms. The number of para-hydroxylation sites is 1. The molecule has 10 heteroatoms. The van der Waals surface area contributed by atoms with Gasteiger partial charge >= 0.3 is 5.97 Å². The second-order valence-corrected chi connectivity index (χ2v) is 9.76. The fraction of sp³-hybridized carbons (Fsp3) is 0.143. The minimum atomic E-state index is -4.22. The molecule has 0 saturated heterocycles. The van der Waals surface area contributed by atoms with Crippen molar-refractivity contribution < 1.29 is 23.1 Å². The molecular formula is C21H16Cl2N2O5S. The number of carboxylic acids is 1. The van der Waals surface area contributed by atoms with Gasteiger partial charge in [0.25, 0.3) is 0 Å². The normalized spacial score (nSPS) is 19.8. The van der Waals surface area contributed by atoms with Gasteiger partial charge < -0.3 is 15.3 Å². The minimum absolute atomic E-state index is 0.0643. The number of carbonyl (C=O) groups excluding carboxylic acids is 1. The number of hydrogen-bond donors (Lipinski definition) is 2. The van der Waals surface area contributed by atoms with Crippen molar-refractivity contribution in [3.63, 3.8) is 0 Å². The van der Waals surface area contributed by atoms with Gasteiger partial charge in [0.15, 0.2) is 0 Å². The smallest absolute Gasteiger partial charge is 0.334 e. The van der Waals surface area contributed by atoms with Crippen LogP contribution in [0.25, 0.3) is 0 Å². The number of rotatable bonds is 3. The summed E-state index contributed by atoms with van der Waals surface area (Å²) in [4.78, 5) is 25.0. The molecule has 2 aliphatic heterocycles. The largest absolute Gasteiger partial charge is 0.478 e. The van der Waals surface area contributed by atoms with Crippen molar-refractivity contribution in [3.8, 4) is 0 Å². The zero-order chi connectivity index (χ0) is 22.5. The van der Waals surface area contributed by atoms with E-state index in [0.717, 1.165) is 0 Å². The summed E-state index contributed by atoms with van der Waals surface area (Å²) in [6, 6.07) is 10.7. The van der Waals surface area contributed by atoms with E-state index in [4.69, 9.17) is 23.2 Å². The SMILES string of the molecule is CC1=C(C(=O)O)C(c2cccc(Cl)c2Cl)C2=C(CN(C=O)c3ccccc3S2(=O)=O)N1. The van der Waals surface area contributed by atoms with Crippen LogP contribution in [0.15, 0.2) is 69.2 Å². The highest BCUT2D eigenvalue weighted by Gasteiger charge is 2.44. The Hall–Kier alpha value is -2.81. The van der Waals surface area contributed by atoms with Crippen molar-refractivity contribution in [1.29, 1.82) is 0 Å². The number of dihydropyridines is 1. The second kappa shape index (κ2) is 7.71. The highest BCUT2D eigenvalue weighted by Crippen LogP contribution is 2.48. The summed E-state index contributed by atoms with van der Waals surface area (Å²) in [5.41, 5.74) is 0.745. The maximum absolute atomic E-state index is 13.8. The second-order valence-electron chi connectivity index (χ2n) is 7.09. The van der Waals surface area contributed by atoms with Gasteiger partial charge in [0.05, 0.1) is 49.3 Å². The molecule has 0 aliphatic carbocycles. The Morgan fingerprint density at radius 2 is 1.90 bits per heavy atom. The van der Waals surface area contributed by atoms with Gasteiger partial charge in [-0.05, 0) is 30.7 Å². The third-order valence-corrected chi connectivity index (χ3v) is 8.14. The third-order valence-electron chi connectivity index (χ3n) is 5.32. The zero-order valence-electron chi connectivity index (χ0n) is 16.1. The van der Waals surface area contributed by atoms with Crippen molar-refractivity contribution in [1.82, 2.24) is 5.32 Å². The average molecular weight is 479 g/mol. The molecule has 2 aromatic rings. The lowest BCUT2D eigenvalue weighted by Gasteiger charge is -2.31. The summed E-state index contributed by atoms with van der Waals surface area (Å²) < 4.78 is 27.7. The number of carboxylic acid groups (broad SMARTS) is 1. The first-order valence-electron chi connectivity index (χ1n) is 9.12. The third kappa shape index (κ3) is 3.31.